The van der Waals surface area contributed by atoms with Crippen LogP contribution in [-0.2, 0) is 9.57 Å². The molecule has 1 atom stereocenters. The number of carbonyl (C=O) groups excluding carboxylic acids is 2. The lowest BCUT2D eigenvalue weighted by molar-refractivity contribution is -0.156. The van der Waals surface area contributed by atoms with Gasteiger partial charge in [-0.1, -0.05) is 30.3 Å². The summed E-state index contributed by atoms with van der Waals surface area (Å²) in [6, 6.07) is 14.6. The molecule has 0 saturated carbocycles. The van der Waals surface area contributed by atoms with Gasteiger partial charge in [0.05, 0.1) is 23.8 Å². The number of para-hydroxylation sites is 1. The molecule has 1 amide bonds. The Kier molecular flexibility index (Phi) is 7.12. The first kappa shape index (κ1) is 22.6. The Morgan fingerprint density at radius 2 is 1.74 bits per heavy atom. The van der Waals surface area contributed by atoms with E-state index in [1.54, 1.807) is 73.2 Å². The number of halogens is 1. The van der Waals surface area contributed by atoms with Crippen molar-refractivity contribution >= 4 is 17.7 Å². The topological polar surface area (TPSA) is 71.1 Å². The van der Waals surface area contributed by atoms with Crippen LogP contribution in [0.5, 0.6) is 0 Å². The van der Waals surface area contributed by atoms with E-state index in [1.165, 1.54) is 6.07 Å². The van der Waals surface area contributed by atoms with E-state index in [2.05, 4.69) is 5.32 Å². The minimum Gasteiger partial charge on any atom is -0.444 e. The quantitative estimate of drug-likeness (QED) is 0.777. The molecule has 1 fully saturated rings. The summed E-state index contributed by atoms with van der Waals surface area (Å²) in [5.74, 6) is -0.864. The van der Waals surface area contributed by atoms with Gasteiger partial charge in [0.2, 0.25) is 0 Å². The summed E-state index contributed by atoms with van der Waals surface area (Å²) in [7, 11) is 0. The zero-order chi connectivity index (χ0) is 22.4. The smallest absolute Gasteiger partial charge is 0.410 e. The number of hydroxylamine groups is 2. The van der Waals surface area contributed by atoms with Gasteiger partial charge in [-0.2, -0.15) is 0 Å². The second-order valence-corrected chi connectivity index (χ2v) is 8.33. The lowest BCUT2D eigenvalue weighted by Gasteiger charge is -2.40. The summed E-state index contributed by atoms with van der Waals surface area (Å²) < 4.78 is 19.5. The molecule has 2 aromatic carbocycles. The highest BCUT2D eigenvalue weighted by atomic mass is 19.1. The number of hydrogen-bond acceptors (Lipinski definition) is 6. The second-order valence-electron chi connectivity index (χ2n) is 8.33. The number of hydrogen-bond donors (Lipinski definition) is 1. The minimum absolute atomic E-state index is 0.262. The van der Waals surface area contributed by atoms with Crippen molar-refractivity contribution in [1.82, 2.24) is 9.96 Å². The third-order valence-corrected chi connectivity index (χ3v) is 4.69. The van der Waals surface area contributed by atoms with Gasteiger partial charge in [0, 0.05) is 19.6 Å². The van der Waals surface area contributed by atoms with Crippen LogP contribution in [-0.4, -0.2) is 59.8 Å². The zero-order valence-corrected chi connectivity index (χ0v) is 18.0. The van der Waals surface area contributed by atoms with E-state index in [1.807, 2.05) is 6.07 Å². The Bertz CT molecular complexity index is 901. The third kappa shape index (κ3) is 6.42. The number of ether oxygens (including phenoxy) is 1. The molecule has 0 radical (unpaired) electrons. The van der Waals surface area contributed by atoms with Gasteiger partial charge in [-0.15, -0.1) is 5.06 Å². The van der Waals surface area contributed by atoms with Gasteiger partial charge in [-0.05, 0) is 45.0 Å². The molecule has 3 rings (SSSR count). The SMILES string of the molecule is CC(C)(C)OC(=O)N1CCN(OC(=O)c2ccccc2)C(CNc2ccccc2F)C1. The Labute approximate surface area is 181 Å². The van der Waals surface area contributed by atoms with E-state index >= 15 is 0 Å². The summed E-state index contributed by atoms with van der Waals surface area (Å²) in [5.41, 5.74) is 0.152. The third-order valence-electron chi connectivity index (χ3n) is 4.69. The van der Waals surface area contributed by atoms with Crippen LogP contribution >= 0.6 is 0 Å². The van der Waals surface area contributed by atoms with Crippen LogP contribution in [0.2, 0.25) is 0 Å². The van der Waals surface area contributed by atoms with Crippen molar-refractivity contribution in [2.45, 2.75) is 32.4 Å². The van der Waals surface area contributed by atoms with E-state index < -0.39 is 23.7 Å². The molecule has 0 spiro atoms. The summed E-state index contributed by atoms with van der Waals surface area (Å²) in [4.78, 5) is 32.3. The predicted molar refractivity (Wildman–Crippen MR) is 115 cm³/mol. The van der Waals surface area contributed by atoms with Crippen LogP contribution in [0.4, 0.5) is 14.9 Å². The van der Waals surface area contributed by atoms with Crippen LogP contribution in [0.25, 0.3) is 0 Å². The zero-order valence-electron chi connectivity index (χ0n) is 18.0. The highest BCUT2D eigenvalue weighted by molar-refractivity contribution is 5.89. The van der Waals surface area contributed by atoms with Crippen LogP contribution in [0.1, 0.15) is 31.1 Å². The van der Waals surface area contributed by atoms with Gasteiger partial charge in [0.15, 0.2) is 0 Å². The summed E-state index contributed by atoms with van der Waals surface area (Å²) in [6.45, 7) is 6.59. The summed E-state index contributed by atoms with van der Waals surface area (Å²) >= 11 is 0. The molecule has 2 aromatic rings. The summed E-state index contributed by atoms with van der Waals surface area (Å²) in [6.07, 6.45) is -0.433. The van der Waals surface area contributed by atoms with Crippen molar-refractivity contribution in [1.29, 1.82) is 0 Å². The van der Waals surface area contributed by atoms with Gasteiger partial charge in [-0.3, -0.25) is 0 Å². The molecule has 0 bridgehead atoms. The Morgan fingerprint density at radius 1 is 1.06 bits per heavy atom. The van der Waals surface area contributed by atoms with E-state index in [-0.39, 0.29) is 18.9 Å². The number of anilines is 1. The van der Waals surface area contributed by atoms with Crippen LogP contribution < -0.4 is 5.32 Å². The number of piperazine rings is 1. The van der Waals surface area contributed by atoms with E-state index in [0.29, 0.717) is 24.3 Å². The first-order valence-corrected chi connectivity index (χ1v) is 10.2. The number of rotatable bonds is 5. The Morgan fingerprint density at radius 3 is 2.42 bits per heavy atom. The lowest BCUT2D eigenvalue weighted by atomic mass is 10.2. The van der Waals surface area contributed by atoms with E-state index in [9.17, 15) is 14.0 Å². The standard InChI is InChI=1S/C23H28FN3O4/c1-23(2,3)30-22(29)26-13-14-27(31-21(28)17-9-5-4-6-10-17)18(16-26)15-25-20-12-8-7-11-19(20)24/h4-12,18,25H,13-16H2,1-3H3. The molecule has 1 aliphatic heterocycles. The van der Waals surface area contributed by atoms with Crippen LogP contribution in [0.3, 0.4) is 0 Å². The van der Waals surface area contributed by atoms with Gasteiger partial charge >= 0.3 is 12.1 Å². The second kappa shape index (κ2) is 9.78. The average Bonchev–Trinajstić information content (AvgIpc) is 2.73. The van der Waals surface area contributed by atoms with Crippen molar-refractivity contribution in [3.63, 3.8) is 0 Å². The summed E-state index contributed by atoms with van der Waals surface area (Å²) in [5, 5.41) is 4.59. The molecule has 0 aromatic heterocycles. The predicted octanol–water partition coefficient (Wildman–Crippen LogP) is 3.93. The maximum absolute atomic E-state index is 14.0. The number of benzene rings is 2. The van der Waals surface area contributed by atoms with Crippen LogP contribution in [0.15, 0.2) is 54.6 Å². The number of amides is 1. The fourth-order valence-corrected chi connectivity index (χ4v) is 3.18. The lowest BCUT2D eigenvalue weighted by Crippen LogP contribution is -2.57. The molecular weight excluding hydrogens is 401 g/mol. The molecular formula is C23H28FN3O4. The molecule has 8 heteroatoms. The fourth-order valence-electron chi connectivity index (χ4n) is 3.18. The molecule has 1 saturated heterocycles. The molecule has 1 aliphatic rings. The van der Waals surface area contributed by atoms with Gasteiger partial charge in [0.1, 0.15) is 11.4 Å². The molecule has 31 heavy (non-hydrogen) atoms. The number of nitrogens with one attached hydrogen (secondary N) is 1. The first-order valence-electron chi connectivity index (χ1n) is 10.2. The Hall–Kier alpha value is -3.13. The normalized spacial score (nSPS) is 17.2. The molecule has 1 heterocycles. The van der Waals surface area contributed by atoms with E-state index in [4.69, 9.17) is 9.57 Å². The largest absolute Gasteiger partial charge is 0.444 e. The molecule has 166 valence electrons. The van der Waals surface area contributed by atoms with Gasteiger partial charge in [0.25, 0.3) is 0 Å². The van der Waals surface area contributed by atoms with Crippen molar-refractivity contribution in [3.05, 3.63) is 66.0 Å². The average molecular weight is 429 g/mol. The van der Waals surface area contributed by atoms with Crippen molar-refractivity contribution < 1.29 is 23.6 Å². The maximum Gasteiger partial charge on any atom is 0.410 e. The molecule has 0 aliphatic carbocycles. The monoisotopic (exact) mass is 429 g/mol. The number of carbonyl (C=O) groups is 2. The minimum atomic E-state index is -0.616. The fraction of sp³-hybridized carbons (Fsp3) is 0.391. The first-order chi connectivity index (χ1) is 14.7. The van der Waals surface area contributed by atoms with Crippen molar-refractivity contribution in [3.8, 4) is 0 Å². The molecule has 7 nitrogen and oxygen atoms in total. The molecule has 1 unspecified atom stereocenters. The maximum atomic E-state index is 14.0. The van der Waals surface area contributed by atoms with Crippen molar-refractivity contribution in [2.75, 3.05) is 31.5 Å². The van der Waals surface area contributed by atoms with Gasteiger partial charge < -0.3 is 19.8 Å². The van der Waals surface area contributed by atoms with Crippen LogP contribution in [0, 0.1) is 5.82 Å². The molecule has 1 N–H and O–H groups in total. The van der Waals surface area contributed by atoms with Crippen molar-refractivity contribution in [2.24, 2.45) is 0 Å². The van der Waals surface area contributed by atoms with E-state index in [0.717, 1.165) is 0 Å². The highest BCUT2D eigenvalue weighted by Gasteiger charge is 2.34. The Balaban J connectivity index is 1.71. The highest BCUT2D eigenvalue weighted by Crippen LogP contribution is 2.18. The van der Waals surface area contributed by atoms with Gasteiger partial charge in [-0.25, -0.2) is 14.0 Å². The number of nitrogens with zero attached hydrogens (tertiary/aromatic N) is 2.